The van der Waals surface area contributed by atoms with Gasteiger partial charge in [-0.2, -0.15) is 0 Å². The van der Waals surface area contributed by atoms with Gasteiger partial charge >= 0.3 is 0 Å². The summed E-state index contributed by atoms with van der Waals surface area (Å²) in [5.41, 5.74) is 1.88. The highest BCUT2D eigenvalue weighted by atomic mass is 19.1. The molecule has 112 valence electrons. The third kappa shape index (κ3) is 4.76. The Hall–Kier alpha value is -2.07. The van der Waals surface area contributed by atoms with Crippen LogP contribution in [0.1, 0.15) is 18.1 Å². The summed E-state index contributed by atoms with van der Waals surface area (Å²) in [6, 6.07) is 12.4. The molecule has 4 heteroatoms. The van der Waals surface area contributed by atoms with E-state index in [0.717, 1.165) is 23.4 Å². The average molecular weight is 289 g/mol. The van der Waals surface area contributed by atoms with Gasteiger partial charge in [0.05, 0.1) is 7.11 Å². The predicted molar refractivity (Wildman–Crippen MR) is 81.1 cm³/mol. The molecule has 3 nitrogen and oxygen atoms in total. The van der Waals surface area contributed by atoms with Crippen LogP contribution < -0.4 is 14.8 Å². The third-order valence-corrected chi connectivity index (χ3v) is 3.07. The first-order valence-corrected chi connectivity index (χ1v) is 6.97. The highest BCUT2D eigenvalue weighted by Crippen LogP contribution is 2.19. The van der Waals surface area contributed by atoms with Crippen LogP contribution in [-0.4, -0.2) is 13.7 Å². The van der Waals surface area contributed by atoms with Gasteiger partial charge in [0.25, 0.3) is 0 Å². The molecule has 1 N–H and O–H groups in total. The Morgan fingerprint density at radius 2 is 1.76 bits per heavy atom. The first kappa shape index (κ1) is 15.3. The molecule has 2 aromatic rings. The van der Waals surface area contributed by atoms with Crippen LogP contribution in [0.25, 0.3) is 0 Å². The highest BCUT2D eigenvalue weighted by Gasteiger charge is 2.03. The number of benzene rings is 2. The molecule has 0 aliphatic rings. The van der Waals surface area contributed by atoms with Crippen molar-refractivity contribution in [2.45, 2.75) is 20.1 Å². The highest BCUT2D eigenvalue weighted by molar-refractivity contribution is 5.31. The zero-order chi connectivity index (χ0) is 15.1. The summed E-state index contributed by atoms with van der Waals surface area (Å²) in [4.78, 5) is 0. The van der Waals surface area contributed by atoms with Crippen molar-refractivity contribution in [1.82, 2.24) is 5.32 Å². The van der Waals surface area contributed by atoms with Crippen LogP contribution in [0, 0.1) is 5.82 Å². The molecule has 0 saturated carbocycles. The first-order chi connectivity index (χ1) is 10.2. The fraction of sp³-hybridized carbons (Fsp3) is 0.294. The minimum Gasteiger partial charge on any atom is -0.497 e. The van der Waals surface area contributed by atoms with Crippen molar-refractivity contribution in [3.05, 3.63) is 59.4 Å². The molecule has 0 aliphatic heterocycles. The summed E-state index contributed by atoms with van der Waals surface area (Å²) in [6.45, 7) is 3.89. The van der Waals surface area contributed by atoms with Crippen LogP contribution >= 0.6 is 0 Å². The number of halogens is 1. The largest absolute Gasteiger partial charge is 0.497 e. The topological polar surface area (TPSA) is 30.5 Å². The van der Waals surface area contributed by atoms with Crippen molar-refractivity contribution >= 4 is 0 Å². The zero-order valence-electron chi connectivity index (χ0n) is 12.4. The summed E-state index contributed by atoms with van der Waals surface area (Å²) in [6.07, 6.45) is 0. The van der Waals surface area contributed by atoms with Gasteiger partial charge in [0.2, 0.25) is 0 Å². The molecule has 0 radical (unpaired) electrons. The molecule has 0 unspecified atom stereocenters. The van der Waals surface area contributed by atoms with E-state index in [1.807, 2.05) is 37.3 Å². The summed E-state index contributed by atoms with van der Waals surface area (Å²) >= 11 is 0. The lowest BCUT2D eigenvalue weighted by molar-refractivity contribution is 0.304. The van der Waals surface area contributed by atoms with Gasteiger partial charge in [-0.25, -0.2) is 4.39 Å². The molecule has 0 aliphatic carbocycles. The Bertz CT molecular complexity index is 570. The van der Waals surface area contributed by atoms with Crippen LogP contribution in [0.3, 0.4) is 0 Å². The molecule has 2 rings (SSSR count). The number of rotatable bonds is 7. The standard InChI is InChI=1S/C17H20FNO2/c1-3-19-11-14-8-15(18)10-17(9-14)21-12-13-4-6-16(20-2)7-5-13/h4-10,19H,3,11-12H2,1-2H3. The molecule has 0 atom stereocenters. The Kier molecular flexibility index (Phi) is 5.58. The van der Waals surface area contributed by atoms with Crippen molar-refractivity contribution < 1.29 is 13.9 Å². The van der Waals surface area contributed by atoms with Gasteiger partial charge in [0, 0.05) is 12.6 Å². The number of ether oxygens (including phenoxy) is 2. The fourth-order valence-electron chi connectivity index (χ4n) is 1.96. The molecule has 0 fully saturated rings. The second-order valence-corrected chi connectivity index (χ2v) is 4.71. The van der Waals surface area contributed by atoms with Crippen molar-refractivity contribution in [3.63, 3.8) is 0 Å². The second kappa shape index (κ2) is 7.64. The van der Waals surface area contributed by atoms with Gasteiger partial charge in [0.15, 0.2) is 0 Å². The number of nitrogens with one attached hydrogen (secondary N) is 1. The van der Waals surface area contributed by atoms with Gasteiger partial charge in [-0.15, -0.1) is 0 Å². The SMILES string of the molecule is CCNCc1cc(F)cc(OCc2ccc(OC)cc2)c1. The molecule has 0 heterocycles. The molecule has 2 aromatic carbocycles. The summed E-state index contributed by atoms with van der Waals surface area (Å²) in [5.74, 6) is 1.06. The summed E-state index contributed by atoms with van der Waals surface area (Å²) in [7, 11) is 1.63. The van der Waals surface area contributed by atoms with Gasteiger partial charge in [-0.1, -0.05) is 19.1 Å². The average Bonchev–Trinajstić information content (AvgIpc) is 2.51. The zero-order valence-corrected chi connectivity index (χ0v) is 12.4. The van der Waals surface area contributed by atoms with Crippen molar-refractivity contribution in [1.29, 1.82) is 0 Å². The van der Waals surface area contributed by atoms with E-state index >= 15 is 0 Å². The first-order valence-electron chi connectivity index (χ1n) is 6.97. The van der Waals surface area contributed by atoms with E-state index in [1.54, 1.807) is 7.11 Å². The molecule has 0 spiro atoms. The molecule has 0 saturated heterocycles. The Morgan fingerprint density at radius 1 is 1.00 bits per heavy atom. The number of hydrogen-bond acceptors (Lipinski definition) is 3. The van der Waals surface area contributed by atoms with Gasteiger partial charge in [-0.3, -0.25) is 0 Å². The van der Waals surface area contributed by atoms with Gasteiger partial charge in [-0.05, 0) is 41.9 Å². The lowest BCUT2D eigenvalue weighted by Crippen LogP contribution is -2.12. The maximum atomic E-state index is 13.6. The van der Waals surface area contributed by atoms with Crippen LogP contribution in [0.2, 0.25) is 0 Å². The molecular formula is C17H20FNO2. The summed E-state index contributed by atoms with van der Waals surface area (Å²) < 4.78 is 24.3. The maximum absolute atomic E-state index is 13.6. The monoisotopic (exact) mass is 289 g/mol. The smallest absolute Gasteiger partial charge is 0.127 e. The maximum Gasteiger partial charge on any atom is 0.127 e. The van der Waals surface area contributed by atoms with E-state index in [1.165, 1.54) is 12.1 Å². The molecular weight excluding hydrogens is 269 g/mol. The quantitative estimate of drug-likeness (QED) is 0.846. The van der Waals surface area contributed by atoms with E-state index in [4.69, 9.17) is 9.47 Å². The number of hydrogen-bond donors (Lipinski definition) is 1. The van der Waals surface area contributed by atoms with Crippen LogP contribution in [0.5, 0.6) is 11.5 Å². The van der Waals surface area contributed by atoms with Crippen molar-refractivity contribution in [3.8, 4) is 11.5 Å². The van der Waals surface area contributed by atoms with Gasteiger partial charge < -0.3 is 14.8 Å². The second-order valence-electron chi connectivity index (χ2n) is 4.71. The van der Waals surface area contributed by atoms with Crippen molar-refractivity contribution in [2.24, 2.45) is 0 Å². The predicted octanol–water partition coefficient (Wildman–Crippen LogP) is 3.52. The third-order valence-electron chi connectivity index (χ3n) is 3.07. The fourth-order valence-corrected chi connectivity index (χ4v) is 1.96. The molecule has 0 aromatic heterocycles. The molecule has 0 amide bonds. The van der Waals surface area contributed by atoms with Gasteiger partial charge in [0.1, 0.15) is 23.9 Å². The Balaban J connectivity index is 1.99. The Labute approximate surface area is 124 Å². The normalized spacial score (nSPS) is 10.4. The number of methoxy groups -OCH3 is 1. The van der Waals surface area contributed by atoms with E-state index < -0.39 is 0 Å². The van der Waals surface area contributed by atoms with Crippen LogP contribution in [0.4, 0.5) is 4.39 Å². The van der Waals surface area contributed by atoms with Crippen LogP contribution in [-0.2, 0) is 13.2 Å². The molecule has 21 heavy (non-hydrogen) atoms. The van der Waals surface area contributed by atoms with Crippen molar-refractivity contribution in [2.75, 3.05) is 13.7 Å². The minimum absolute atomic E-state index is 0.282. The summed E-state index contributed by atoms with van der Waals surface area (Å²) in [5, 5.41) is 3.17. The van der Waals surface area contributed by atoms with E-state index in [2.05, 4.69) is 5.32 Å². The Morgan fingerprint density at radius 3 is 2.43 bits per heavy atom. The minimum atomic E-state index is -0.282. The molecule has 0 bridgehead atoms. The lowest BCUT2D eigenvalue weighted by Gasteiger charge is -2.09. The van der Waals surface area contributed by atoms with E-state index in [9.17, 15) is 4.39 Å². The lowest BCUT2D eigenvalue weighted by atomic mass is 10.2. The van der Waals surface area contributed by atoms with Crippen LogP contribution in [0.15, 0.2) is 42.5 Å². The van der Waals surface area contributed by atoms with E-state index in [-0.39, 0.29) is 5.82 Å². The van der Waals surface area contributed by atoms with E-state index in [0.29, 0.717) is 18.9 Å².